The number of piperazine rings is 1. The first-order valence-electron chi connectivity index (χ1n) is 8.97. The minimum Gasteiger partial charge on any atom is -0.477 e. The summed E-state index contributed by atoms with van der Waals surface area (Å²) in [7, 11) is 0. The Balaban J connectivity index is 1.70. The number of halogens is 3. The second-order valence-corrected chi connectivity index (χ2v) is 7.74. The molecule has 1 fully saturated rings. The average molecular weight is 451 g/mol. The molecular formula is C21H21BrF2N2O2. The van der Waals surface area contributed by atoms with E-state index in [-0.39, 0.29) is 30.4 Å². The second-order valence-electron chi connectivity index (χ2n) is 6.89. The van der Waals surface area contributed by atoms with Gasteiger partial charge in [0.15, 0.2) is 0 Å². The fourth-order valence-electron chi connectivity index (χ4n) is 3.33. The van der Waals surface area contributed by atoms with Crippen LogP contribution in [-0.2, 0) is 11.3 Å². The van der Waals surface area contributed by atoms with Crippen molar-refractivity contribution in [3.63, 3.8) is 0 Å². The van der Waals surface area contributed by atoms with Crippen molar-refractivity contribution in [1.82, 2.24) is 9.80 Å². The van der Waals surface area contributed by atoms with Gasteiger partial charge in [-0.25, -0.2) is 13.6 Å². The number of benzene rings is 2. The van der Waals surface area contributed by atoms with Gasteiger partial charge in [0.1, 0.15) is 35.8 Å². The van der Waals surface area contributed by atoms with Crippen molar-refractivity contribution in [3.8, 4) is 5.75 Å². The van der Waals surface area contributed by atoms with Crippen LogP contribution in [0.25, 0.3) is 0 Å². The molecule has 0 unspecified atom stereocenters. The fourth-order valence-corrected chi connectivity index (χ4v) is 3.79. The molecule has 0 bridgehead atoms. The third kappa shape index (κ3) is 4.61. The van der Waals surface area contributed by atoms with E-state index in [0.717, 1.165) is 5.56 Å². The Hall–Kier alpha value is -2.21. The van der Waals surface area contributed by atoms with Gasteiger partial charge in [-0.2, -0.15) is 0 Å². The number of hydrogen-bond acceptors (Lipinski definition) is 4. The maximum atomic E-state index is 13.2. The molecule has 1 saturated heterocycles. The molecule has 7 heteroatoms. The summed E-state index contributed by atoms with van der Waals surface area (Å²) < 4.78 is 32.7. The molecule has 1 heterocycles. The second kappa shape index (κ2) is 8.86. The van der Waals surface area contributed by atoms with Crippen LogP contribution in [0.5, 0.6) is 5.75 Å². The molecule has 1 aliphatic rings. The monoisotopic (exact) mass is 450 g/mol. The Morgan fingerprint density at radius 1 is 1.14 bits per heavy atom. The topological polar surface area (TPSA) is 32.8 Å². The molecule has 0 aromatic heterocycles. The van der Waals surface area contributed by atoms with Crippen molar-refractivity contribution >= 4 is 21.9 Å². The van der Waals surface area contributed by atoms with Gasteiger partial charge in [-0.3, -0.25) is 4.90 Å². The van der Waals surface area contributed by atoms with E-state index in [2.05, 4.69) is 21.9 Å². The number of nitrogens with zero attached hydrogens (tertiary/aromatic N) is 2. The van der Waals surface area contributed by atoms with Gasteiger partial charge in [-0.05, 0) is 65.7 Å². The van der Waals surface area contributed by atoms with Gasteiger partial charge in [0.25, 0.3) is 0 Å². The first kappa shape index (κ1) is 20.5. The van der Waals surface area contributed by atoms with E-state index >= 15 is 0 Å². The van der Waals surface area contributed by atoms with E-state index in [9.17, 15) is 13.6 Å². The molecule has 2 aromatic carbocycles. The fraction of sp³-hybridized carbons (Fsp3) is 0.333. The largest absolute Gasteiger partial charge is 0.477 e. The summed E-state index contributed by atoms with van der Waals surface area (Å²) in [4.78, 5) is 15.7. The predicted octanol–water partition coefficient (Wildman–Crippen LogP) is 4.37. The van der Waals surface area contributed by atoms with Crippen molar-refractivity contribution in [3.05, 3.63) is 69.8 Å². The normalized spacial score (nSPS) is 20.2. The van der Waals surface area contributed by atoms with E-state index in [0.29, 0.717) is 29.0 Å². The predicted molar refractivity (Wildman–Crippen MR) is 106 cm³/mol. The van der Waals surface area contributed by atoms with Crippen LogP contribution in [0.3, 0.4) is 0 Å². The molecule has 4 nitrogen and oxygen atoms in total. The molecule has 2 aromatic rings. The zero-order valence-corrected chi connectivity index (χ0v) is 17.2. The highest BCUT2D eigenvalue weighted by Crippen LogP contribution is 2.28. The Bertz CT molecular complexity index is 884. The molecular weight excluding hydrogens is 430 g/mol. The van der Waals surface area contributed by atoms with Gasteiger partial charge in [0, 0.05) is 19.1 Å². The van der Waals surface area contributed by atoms with Crippen LogP contribution in [-0.4, -0.2) is 41.1 Å². The number of hydrogen-bond donors (Lipinski definition) is 0. The summed E-state index contributed by atoms with van der Waals surface area (Å²) >= 11 is 3.29. The van der Waals surface area contributed by atoms with Crippen LogP contribution in [0.15, 0.2) is 52.6 Å². The van der Waals surface area contributed by atoms with Gasteiger partial charge in [0.05, 0.1) is 10.5 Å². The van der Waals surface area contributed by atoms with Crippen molar-refractivity contribution in [2.45, 2.75) is 32.5 Å². The minimum atomic E-state index is -0.346. The van der Waals surface area contributed by atoms with Gasteiger partial charge in [-0.1, -0.05) is 12.1 Å². The minimum absolute atomic E-state index is 0.0398. The third-order valence-corrected chi connectivity index (χ3v) is 5.55. The van der Waals surface area contributed by atoms with Crippen LogP contribution < -0.4 is 4.74 Å². The molecule has 1 aliphatic heterocycles. The molecule has 28 heavy (non-hydrogen) atoms. The lowest BCUT2D eigenvalue weighted by atomic mass is 10.0. The van der Waals surface area contributed by atoms with E-state index in [1.165, 1.54) is 24.3 Å². The molecule has 3 rings (SSSR count). The van der Waals surface area contributed by atoms with Crippen LogP contribution in [0.1, 0.15) is 19.4 Å². The van der Waals surface area contributed by atoms with Crippen LogP contribution >= 0.6 is 15.9 Å². The smallest absolute Gasteiger partial charge is 0.147 e. The number of rotatable bonds is 5. The molecule has 0 radical (unpaired) electrons. The molecule has 2 atom stereocenters. The molecule has 148 valence electrons. The van der Waals surface area contributed by atoms with Gasteiger partial charge in [0.2, 0.25) is 0 Å². The maximum absolute atomic E-state index is 13.2. The molecule has 0 aliphatic carbocycles. The lowest BCUT2D eigenvalue weighted by Gasteiger charge is -2.45. The summed E-state index contributed by atoms with van der Waals surface area (Å²) in [5.74, 6) is 1.98. The Morgan fingerprint density at radius 3 is 2.46 bits per heavy atom. The van der Waals surface area contributed by atoms with Crippen LogP contribution in [0.2, 0.25) is 0 Å². The highest BCUT2D eigenvalue weighted by molar-refractivity contribution is 9.10. The Kier molecular flexibility index (Phi) is 6.50. The lowest BCUT2D eigenvalue weighted by Crippen LogP contribution is -2.55. The van der Waals surface area contributed by atoms with Crippen molar-refractivity contribution in [1.29, 1.82) is 0 Å². The first-order valence-corrected chi connectivity index (χ1v) is 9.76. The SMILES string of the molecule is C[C@@H]1CN(COc2ccc(F)cc2Br)[C@@H](C)C(=C=O)N1Cc1ccc(F)cc1. The standard InChI is InChI=1S/C21H21BrF2N2O2/c1-14-10-25(13-28-21-8-7-18(24)9-19(21)22)15(2)20(12-27)26(14)11-16-3-5-17(23)6-4-16/h3-9,14-15H,10-11,13H2,1-2H3/t14-,15+/m1/s1. The first-order chi connectivity index (χ1) is 13.4. The van der Waals surface area contributed by atoms with Crippen molar-refractivity contribution in [2.24, 2.45) is 0 Å². The van der Waals surface area contributed by atoms with Gasteiger partial charge >= 0.3 is 0 Å². The van der Waals surface area contributed by atoms with Crippen molar-refractivity contribution < 1.29 is 18.3 Å². The average Bonchev–Trinajstić information content (AvgIpc) is 2.66. The molecule has 0 N–H and O–H groups in total. The highest BCUT2D eigenvalue weighted by Gasteiger charge is 2.34. The third-order valence-electron chi connectivity index (χ3n) is 4.93. The van der Waals surface area contributed by atoms with E-state index in [1.54, 1.807) is 18.2 Å². The summed E-state index contributed by atoms with van der Waals surface area (Å²) in [6.07, 6.45) is 0. The summed E-state index contributed by atoms with van der Waals surface area (Å²) in [5.41, 5.74) is 1.46. The summed E-state index contributed by atoms with van der Waals surface area (Å²) in [6, 6.07) is 10.4. The summed E-state index contributed by atoms with van der Waals surface area (Å²) in [5, 5.41) is 0. The maximum Gasteiger partial charge on any atom is 0.147 e. The molecule has 0 saturated carbocycles. The molecule has 0 amide bonds. The summed E-state index contributed by atoms with van der Waals surface area (Å²) in [6.45, 7) is 5.38. The number of carbonyl (C=O) groups excluding carboxylic acids is 1. The van der Waals surface area contributed by atoms with Crippen LogP contribution in [0.4, 0.5) is 8.78 Å². The van der Waals surface area contributed by atoms with E-state index < -0.39 is 0 Å². The van der Waals surface area contributed by atoms with Crippen LogP contribution in [0, 0.1) is 11.6 Å². The van der Waals surface area contributed by atoms with E-state index in [4.69, 9.17) is 4.74 Å². The van der Waals surface area contributed by atoms with Crippen molar-refractivity contribution in [2.75, 3.05) is 13.3 Å². The highest BCUT2D eigenvalue weighted by atomic mass is 79.9. The zero-order chi connectivity index (χ0) is 20.3. The van der Waals surface area contributed by atoms with Gasteiger partial charge in [-0.15, -0.1) is 0 Å². The van der Waals surface area contributed by atoms with E-state index in [1.807, 2.05) is 23.6 Å². The molecule has 0 spiro atoms. The number of ether oxygens (including phenoxy) is 1. The zero-order valence-electron chi connectivity index (χ0n) is 15.7. The van der Waals surface area contributed by atoms with Gasteiger partial charge < -0.3 is 9.64 Å². The Morgan fingerprint density at radius 2 is 1.82 bits per heavy atom. The Labute approximate surface area is 171 Å². The lowest BCUT2D eigenvalue weighted by molar-refractivity contribution is 0.0283. The quantitative estimate of drug-likeness (QED) is 0.633.